The SMILES string of the molecule is COc1cc([C@H]2C[C@@](C)([NH+]3CCCC3)Oc3cc4c(cc32)OCO4)cc(OC)c1OC. The second-order valence-electron chi connectivity index (χ2n) is 8.60. The van der Waals surface area contributed by atoms with E-state index >= 15 is 0 Å². The van der Waals surface area contributed by atoms with Gasteiger partial charge in [-0.2, -0.15) is 0 Å². The topological polar surface area (TPSA) is 59.8 Å². The van der Waals surface area contributed by atoms with Crippen molar-refractivity contribution < 1.29 is 33.3 Å². The number of rotatable bonds is 5. The van der Waals surface area contributed by atoms with Crippen molar-refractivity contribution in [3.05, 3.63) is 35.4 Å². The molecule has 166 valence electrons. The number of fused-ring (bicyclic) bond motifs is 2. The second-order valence-corrected chi connectivity index (χ2v) is 8.60. The molecular formula is C24H30NO6+. The number of nitrogens with one attached hydrogen (secondary N) is 1. The minimum Gasteiger partial charge on any atom is -0.493 e. The molecular weight excluding hydrogens is 398 g/mol. The number of ether oxygens (including phenoxy) is 6. The first-order valence-corrected chi connectivity index (χ1v) is 10.8. The van der Waals surface area contributed by atoms with Gasteiger partial charge in [-0.1, -0.05) is 0 Å². The third-order valence-corrected chi connectivity index (χ3v) is 6.85. The third kappa shape index (κ3) is 3.31. The largest absolute Gasteiger partial charge is 0.493 e. The van der Waals surface area contributed by atoms with Crippen molar-refractivity contribution in [1.82, 2.24) is 0 Å². The van der Waals surface area contributed by atoms with Crippen LogP contribution in [0.25, 0.3) is 0 Å². The molecule has 3 aliphatic rings. The van der Waals surface area contributed by atoms with Gasteiger partial charge in [-0.05, 0) is 23.8 Å². The molecule has 1 N–H and O–H groups in total. The van der Waals surface area contributed by atoms with Crippen molar-refractivity contribution in [2.45, 2.75) is 37.8 Å². The molecule has 0 bridgehead atoms. The smallest absolute Gasteiger partial charge is 0.239 e. The quantitative estimate of drug-likeness (QED) is 0.790. The van der Waals surface area contributed by atoms with E-state index in [1.807, 2.05) is 18.2 Å². The van der Waals surface area contributed by atoms with E-state index in [9.17, 15) is 0 Å². The van der Waals surface area contributed by atoms with Crippen LogP contribution in [0.4, 0.5) is 0 Å². The summed E-state index contributed by atoms with van der Waals surface area (Å²) in [7, 11) is 4.92. The van der Waals surface area contributed by atoms with Crippen LogP contribution in [0.2, 0.25) is 0 Å². The van der Waals surface area contributed by atoms with Crippen LogP contribution in [0.5, 0.6) is 34.5 Å². The van der Waals surface area contributed by atoms with E-state index in [1.165, 1.54) is 17.7 Å². The first-order chi connectivity index (χ1) is 15.1. The molecule has 0 aromatic heterocycles. The Hall–Kier alpha value is -2.80. The lowest BCUT2D eigenvalue weighted by Crippen LogP contribution is -3.19. The van der Waals surface area contributed by atoms with Crippen LogP contribution in [0.3, 0.4) is 0 Å². The molecule has 1 saturated heterocycles. The summed E-state index contributed by atoms with van der Waals surface area (Å²) in [5.41, 5.74) is 1.86. The van der Waals surface area contributed by atoms with Gasteiger partial charge in [-0.25, -0.2) is 0 Å². The average molecular weight is 429 g/mol. The molecule has 3 heterocycles. The molecule has 31 heavy (non-hydrogen) atoms. The van der Waals surface area contributed by atoms with Gasteiger partial charge in [0.1, 0.15) is 5.75 Å². The molecule has 0 unspecified atom stereocenters. The fraction of sp³-hybridized carbons (Fsp3) is 0.500. The van der Waals surface area contributed by atoms with E-state index in [0.29, 0.717) is 17.2 Å². The van der Waals surface area contributed by atoms with Crippen molar-refractivity contribution in [2.75, 3.05) is 41.2 Å². The van der Waals surface area contributed by atoms with E-state index in [-0.39, 0.29) is 18.4 Å². The number of methoxy groups -OCH3 is 3. The predicted molar refractivity (Wildman–Crippen MR) is 114 cm³/mol. The van der Waals surface area contributed by atoms with Crippen LogP contribution in [0.1, 0.15) is 43.2 Å². The molecule has 0 radical (unpaired) electrons. The van der Waals surface area contributed by atoms with Crippen LogP contribution in [0, 0.1) is 0 Å². The van der Waals surface area contributed by atoms with E-state index in [4.69, 9.17) is 28.4 Å². The summed E-state index contributed by atoms with van der Waals surface area (Å²) in [5.74, 6) is 4.35. The molecule has 3 aliphatic heterocycles. The standard InChI is InChI=1S/C24H29NO6/c1-24(25-7-5-6-8-25)13-17(15-9-21(26-2)23(28-4)22(10-15)27-3)16-11-19-20(30-14-29-19)12-18(16)31-24/h9-12,17H,5-8,13-14H2,1-4H3/p+1/t17-,24+/m1/s1. The maximum Gasteiger partial charge on any atom is 0.239 e. The predicted octanol–water partition coefficient (Wildman–Crippen LogP) is 2.75. The number of likely N-dealkylation sites (tertiary alicyclic amines) is 1. The van der Waals surface area contributed by atoms with Crippen LogP contribution >= 0.6 is 0 Å². The zero-order chi connectivity index (χ0) is 21.6. The molecule has 7 nitrogen and oxygen atoms in total. The van der Waals surface area contributed by atoms with Crippen molar-refractivity contribution in [3.63, 3.8) is 0 Å². The summed E-state index contributed by atoms with van der Waals surface area (Å²) >= 11 is 0. The molecule has 2 atom stereocenters. The first kappa shape index (κ1) is 20.1. The Balaban J connectivity index is 1.65. The fourth-order valence-electron chi connectivity index (χ4n) is 5.23. The second kappa shape index (κ2) is 7.71. The zero-order valence-electron chi connectivity index (χ0n) is 18.6. The van der Waals surface area contributed by atoms with E-state index in [2.05, 4.69) is 13.0 Å². The zero-order valence-corrected chi connectivity index (χ0v) is 18.6. The molecule has 2 aromatic carbocycles. The molecule has 5 rings (SSSR count). The first-order valence-electron chi connectivity index (χ1n) is 10.8. The van der Waals surface area contributed by atoms with Crippen LogP contribution in [-0.2, 0) is 0 Å². The molecule has 0 spiro atoms. The van der Waals surface area contributed by atoms with E-state index in [0.717, 1.165) is 47.9 Å². The van der Waals surface area contributed by atoms with Crippen molar-refractivity contribution in [3.8, 4) is 34.5 Å². The minimum absolute atomic E-state index is 0.0880. The van der Waals surface area contributed by atoms with Crippen molar-refractivity contribution in [2.24, 2.45) is 0 Å². The van der Waals surface area contributed by atoms with Crippen LogP contribution in [0.15, 0.2) is 24.3 Å². The molecule has 1 fully saturated rings. The number of hydrogen-bond acceptors (Lipinski definition) is 6. The van der Waals surface area contributed by atoms with Gasteiger partial charge in [0.2, 0.25) is 18.3 Å². The summed E-state index contributed by atoms with van der Waals surface area (Å²) in [4.78, 5) is 1.49. The lowest BCUT2D eigenvalue weighted by molar-refractivity contribution is -0.962. The van der Waals surface area contributed by atoms with Gasteiger partial charge < -0.3 is 28.4 Å². The van der Waals surface area contributed by atoms with Crippen LogP contribution in [-0.4, -0.2) is 46.9 Å². The lowest BCUT2D eigenvalue weighted by atomic mass is 9.81. The fourth-order valence-corrected chi connectivity index (χ4v) is 5.23. The summed E-state index contributed by atoms with van der Waals surface area (Å²) in [6.07, 6.45) is 3.31. The highest BCUT2D eigenvalue weighted by atomic mass is 16.7. The Kier molecular flexibility index (Phi) is 5.01. The molecule has 7 heteroatoms. The monoisotopic (exact) mass is 428 g/mol. The summed E-state index contributed by atoms with van der Waals surface area (Å²) in [6.45, 7) is 4.71. The number of quaternary nitrogens is 1. The summed E-state index contributed by atoms with van der Waals surface area (Å²) < 4.78 is 34.8. The Labute approximate surface area is 182 Å². The molecule has 2 aromatic rings. The van der Waals surface area contributed by atoms with Crippen LogP contribution < -0.4 is 33.3 Å². The Bertz CT molecular complexity index is 961. The maximum absolute atomic E-state index is 6.68. The Morgan fingerprint density at radius 1 is 0.871 bits per heavy atom. The van der Waals surface area contributed by atoms with Crippen molar-refractivity contribution in [1.29, 1.82) is 0 Å². The normalized spacial score (nSPS) is 24.5. The highest BCUT2D eigenvalue weighted by Crippen LogP contribution is 2.50. The van der Waals surface area contributed by atoms with E-state index < -0.39 is 0 Å². The molecule has 0 aliphatic carbocycles. The highest BCUT2D eigenvalue weighted by Gasteiger charge is 2.47. The number of hydrogen-bond donors (Lipinski definition) is 1. The van der Waals surface area contributed by atoms with Gasteiger partial charge in [0, 0.05) is 37.3 Å². The van der Waals surface area contributed by atoms with Crippen molar-refractivity contribution >= 4 is 0 Å². The summed E-state index contributed by atoms with van der Waals surface area (Å²) in [5, 5.41) is 0. The Morgan fingerprint density at radius 2 is 1.52 bits per heavy atom. The van der Waals surface area contributed by atoms with Gasteiger partial charge in [-0.3, -0.25) is 4.90 Å². The Morgan fingerprint density at radius 3 is 2.13 bits per heavy atom. The van der Waals surface area contributed by atoms with Gasteiger partial charge in [0.15, 0.2) is 23.0 Å². The van der Waals surface area contributed by atoms with Gasteiger partial charge in [0.25, 0.3) is 0 Å². The molecule has 0 saturated carbocycles. The third-order valence-electron chi connectivity index (χ3n) is 6.85. The maximum atomic E-state index is 6.68. The average Bonchev–Trinajstić information content (AvgIpc) is 3.48. The van der Waals surface area contributed by atoms with Gasteiger partial charge >= 0.3 is 0 Å². The van der Waals surface area contributed by atoms with E-state index in [1.54, 1.807) is 21.3 Å². The lowest BCUT2D eigenvalue weighted by Gasteiger charge is -2.42. The number of benzene rings is 2. The van der Waals surface area contributed by atoms with Gasteiger partial charge in [0.05, 0.1) is 40.8 Å². The summed E-state index contributed by atoms with van der Waals surface area (Å²) in [6, 6.07) is 8.14. The highest BCUT2D eigenvalue weighted by molar-refractivity contribution is 5.59. The van der Waals surface area contributed by atoms with Gasteiger partial charge in [-0.15, -0.1) is 0 Å². The minimum atomic E-state index is -0.331. The molecule has 0 amide bonds.